The van der Waals surface area contributed by atoms with Crippen molar-refractivity contribution in [2.45, 2.75) is 0 Å². The van der Waals surface area contributed by atoms with Gasteiger partial charge >= 0.3 is 0 Å². The topological polar surface area (TPSA) is 77.2 Å². The van der Waals surface area contributed by atoms with E-state index in [4.69, 9.17) is 22.1 Å². The van der Waals surface area contributed by atoms with Crippen LogP contribution < -0.4 is 15.8 Å². The number of anilines is 2. The number of pyridine rings is 1. The Balaban J connectivity index is 2.09. The number of nitrogens with one attached hydrogen (secondary N) is 1. The second-order valence-electron chi connectivity index (χ2n) is 4.37. The van der Waals surface area contributed by atoms with Crippen LogP contribution in [-0.2, 0) is 0 Å². The molecule has 0 bridgehead atoms. The smallest absolute Gasteiger partial charge is 0.200 e. The van der Waals surface area contributed by atoms with Crippen molar-refractivity contribution >= 4 is 28.9 Å². The second kappa shape index (κ2) is 5.02. The molecule has 0 amide bonds. The van der Waals surface area contributed by atoms with Gasteiger partial charge in [0.2, 0.25) is 5.78 Å². The zero-order chi connectivity index (χ0) is 14.1. The number of ketones is 1. The van der Waals surface area contributed by atoms with E-state index >= 15 is 0 Å². The Morgan fingerprint density at radius 2 is 2.25 bits per heavy atom. The van der Waals surface area contributed by atoms with E-state index in [-0.39, 0.29) is 17.2 Å². The minimum atomic E-state index is -0.252. The highest BCUT2D eigenvalue weighted by Gasteiger charge is 2.22. The van der Waals surface area contributed by atoms with Gasteiger partial charge in [-0.2, -0.15) is 0 Å². The van der Waals surface area contributed by atoms with Crippen LogP contribution in [0.1, 0.15) is 15.9 Å². The number of carbonyl (C=O) groups is 1. The number of carbonyl (C=O) groups excluding carboxylic acids is 1. The van der Waals surface area contributed by atoms with Gasteiger partial charge in [-0.1, -0.05) is 17.7 Å². The first-order valence-corrected chi connectivity index (χ1v) is 6.50. The molecule has 2 aromatic rings. The molecule has 0 saturated carbocycles. The summed E-state index contributed by atoms with van der Waals surface area (Å²) in [6.07, 6.45) is 1.41. The van der Waals surface area contributed by atoms with Crippen LogP contribution in [0.3, 0.4) is 0 Å². The van der Waals surface area contributed by atoms with Crippen molar-refractivity contribution in [2.75, 3.05) is 24.2 Å². The van der Waals surface area contributed by atoms with Gasteiger partial charge in [-0.25, -0.2) is 4.98 Å². The lowest BCUT2D eigenvalue weighted by molar-refractivity contribution is 0.103. The minimum Gasteiger partial charge on any atom is -0.489 e. The normalized spacial score (nSPS) is 13.1. The van der Waals surface area contributed by atoms with Gasteiger partial charge in [0, 0.05) is 12.7 Å². The summed E-state index contributed by atoms with van der Waals surface area (Å²) in [4.78, 5) is 16.5. The van der Waals surface area contributed by atoms with Crippen LogP contribution >= 0.6 is 11.6 Å². The number of rotatable bonds is 2. The van der Waals surface area contributed by atoms with Crippen LogP contribution in [0.2, 0.25) is 5.02 Å². The van der Waals surface area contributed by atoms with Gasteiger partial charge in [-0.05, 0) is 18.2 Å². The highest BCUT2D eigenvalue weighted by Crippen LogP contribution is 2.33. The fourth-order valence-electron chi connectivity index (χ4n) is 2.13. The number of nitrogens with two attached hydrogens (primary N) is 1. The van der Waals surface area contributed by atoms with Gasteiger partial charge in [-0.3, -0.25) is 4.79 Å². The van der Waals surface area contributed by atoms with E-state index < -0.39 is 0 Å². The van der Waals surface area contributed by atoms with Crippen LogP contribution in [0.5, 0.6) is 5.75 Å². The van der Waals surface area contributed by atoms with Crippen molar-refractivity contribution in [3.05, 3.63) is 46.6 Å². The first kappa shape index (κ1) is 12.7. The fourth-order valence-corrected chi connectivity index (χ4v) is 2.28. The van der Waals surface area contributed by atoms with Crippen molar-refractivity contribution in [3.63, 3.8) is 0 Å². The van der Waals surface area contributed by atoms with Gasteiger partial charge in [0.25, 0.3) is 0 Å². The lowest BCUT2D eigenvalue weighted by Crippen LogP contribution is -2.20. The molecule has 3 N–H and O–H groups in total. The third-order valence-corrected chi connectivity index (χ3v) is 3.26. The van der Waals surface area contributed by atoms with Gasteiger partial charge in [0.1, 0.15) is 12.4 Å². The molecule has 1 aliphatic heterocycles. The molecule has 1 aromatic heterocycles. The highest BCUT2D eigenvalue weighted by atomic mass is 35.5. The molecule has 0 spiro atoms. The van der Waals surface area contributed by atoms with E-state index in [1.54, 1.807) is 12.1 Å². The maximum Gasteiger partial charge on any atom is 0.200 e. The monoisotopic (exact) mass is 289 g/mol. The van der Waals surface area contributed by atoms with Gasteiger partial charge < -0.3 is 15.8 Å². The Bertz CT molecular complexity index is 688. The molecule has 5 nitrogen and oxygen atoms in total. The van der Waals surface area contributed by atoms with E-state index in [2.05, 4.69) is 10.3 Å². The maximum absolute atomic E-state index is 12.6. The lowest BCUT2D eigenvalue weighted by atomic mass is 10.0. The number of ether oxygens (including phenoxy) is 1. The van der Waals surface area contributed by atoms with E-state index in [1.807, 2.05) is 6.07 Å². The van der Waals surface area contributed by atoms with Crippen LogP contribution in [0, 0.1) is 0 Å². The number of hydrogen-bond acceptors (Lipinski definition) is 5. The number of fused-ring (bicyclic) bond motifs is 1. The van der Waals surface area contributed by atoms with Crippen molar-refractivity contribution < 1.29 is 9.53 Å². The Labute approximate surface area is 120 Å². The summed E-state index contributed by atoms with van der Waals surface area (Å²) in [5.41, 5.74) is 7.29. The van der Waals surface area contributed by atoms with Crippen molar-refractivity contribution in [1.82, 2.24) is 4.98 Å². The second-order valence-corrected chi connectivity index (χ2v) is 4.81. The summed E-state index contributed by atoms with van der Waals surface area (Å²) in [5, 5.41) is 3.55. The number of benzene rings is 1. The Kier molecular flexibility index (Phi) is 3.20. The molecule has 6 heteroatoms. The fraction of sp³-hybridized carbons (Fsp3) is 0.143. The minimum absolute atomic E-state index is 0.153. The third kappa shape index (κ3) is 2.16. The molecule has 20 heavy (non-hydrogen) atoms. The van der Waals surface area contributed by atoms with Crippen molar-refractivity contribution in [2.24, 2.45) is 0 Å². The molecule has 0 fully saturated rings. The van der Waals surface area contributed by atoms with E-state index in [0.717, 1.165) is 5.69 Å². The van der Waals surface area contributed by atoms with Crippen LogP contribution in [0.25, 0.3) is 0 Å². The molecule has 102 valence electrons. The first-order chi connectivity index (χ1) is 9.66. The first-order valence-electron chi connectivity index (χ1n) is 6.12. The number of nitrogens with zero attached hydrogens (tertiary/aromatic N) is 1. The number of aromatic nitrogens is 1. The molecule has 1 aliphatic rings. The molecule has 0 aliphatic carbocycles. The highest BCUT2D eigenvalue weighted by molar-refractivity contribution is 6.31. The largest absolute Gasteiger partial charge is 0.489 e. The molecule has 0 saturated heterocycles. The zero-order valence-corrected chi connectivity index (χ0v) is 11.3. The summed E-state index contributed by atoms with van der Waals surface area (Å²) < 4.78 is 5.59. The molecular formula is C14H12ClN3O2. The summed E-state index contributed by atoms with van der Waals surface area (Å²) in [6.45, 7) is 1.23. The van der Waals surface area contributed by atoms with Crippen LogP contribution in [0.15, 0.2) is 30.5 Å². The number of hydrogen-bond donors (Lipinski definition) is 2. The summed E-state index contributed by atoms with van der Waals surface area (Å²) >= 11 is 5.88. The maximum atomic E-state index is 12.6. The molecule has 2 heterocycles. The number of para-hydroxylation sites is 1. The average molecular weight is 290 g/mol. The Morgan fingerprint density at radius 3 is 3.10 bits per heavy atom. The zero-order valence-electron chi connectivity index (χ0n) is 10.5. The van der Waals surface area contributed by atoms with E-state index in [0.29, 0.717) is 29.5 Å². The van der Waals surface area contributed by atoms with Crippen LogP contribution in [-0.4, -0.2) is 23.9 Å². The van der Waals surface area contributed by atoms with Crippen molar-refractivity contribution in [1.29, 1.82) is 0 Å². The van der Waals surface area contributed by atoms with E-state index in [1.165, 1.54) is 12.3 Å². The standard InChI is InChI=1S/C14H12ClN3O2/c15-8-6-10(14(16)18-7-8)12(19)9-2-1-3-11-13(9)20-5-4-17-11/h1-3,6-7,17H,4-5H2,(H2,16,18). The SMILES string of the molecule is Nc1ncc(Cl)cc1C(=O)c1cccc2c1OCCN2. The number of halogens is 1. The predicted octanol–water partition coefficient (Wildman–Crippen LogP) is 2.35. The van der Waals surface area contributed by atoms with Gasteiger partial charge in [-0.15, -0.1) is 0 Å². The van der Waals surface area contributed by atoms with Crippen molar-refractivity contribution in [3.8, 4) is 5.75 Å². The summed E-state index contributed by atoms with van der Waals surface area (Å²) in [6, 6.07) is 6.88. The molecule has 3 rings (SSSR count). The van der Waals surface area contributed by atoms with E-state index in [9.17, 15) is 4.79 Å². The quantitative estimate of drug-likeness (QED) is 0.830. The third-order valence-electron chi connectivity index (χ3n) is 3.05. The number of nitrogen functional groups attached to an aromatic ring is 1. The van der Waals surface area contributed by atoms with Gasteiger partial charge in [0.15, 0.2) is 5.75 Å². The molecule has 0 radical (unpaired) electrons. The predicted molar refractivity (Wildman–Crippen MR) is 77.5 cm³/mol. The molecule has 1 aromatic carbocycles. The molecular weight excluding hydrogens is 278 g/mol. The lowest BCUT2D eigenvalue weighted by Gasteiger charge is -2.21. The molecule has 0 unspecified atom stereocenters. The Morgan fingerprint density at radius 1 is 1.40 bits per heavy atom. The Hall–Kier alpha value is -2.27. The van der Waals surface area contributed by atoms with Gasteiger partial charge in [0.05, 0.1) is 21.8 Å². The summed E-state index contributed by atoms with van der Waals surface area (Å²) in [7, 11) is 0. The molecule has 0 atom stereocenters. The van der Waals surface area contributed by atoms with Crippen LogP contribution in [0.4, 0.5) is 11.5 Å². The average Bonchev–Trinajstić information content (AvgIpc) is 2.48. The summed E-state index contributed by atoms with van der Waals surface area (Å²) in [5.74, 6) is 0.446.